The number of nitrogens with one attached hydrogen (secondary N) is 2. The molecule has 0 aliphatic heterocycles. The molecule has 19 heavy (non-hydrogen) atoms. The highest BCUT2D eigenvalue weighted by Crippen LogP contribution is 2.29. The van der Waals surface area contributed by atoms with E-state index in [1.54, 1.807) is 11.3 Å². The Bertz CT molecular complexity index is 549. The van der Waals surface area contributed by atoms with Gasteiger partial charge in [-0.15, -0.1) is 11.3 Å². The number of nitrogens with zero attached hydrogens (tertiary/aromatic N) is 1. The molecule has 2 N–H and O–H groups in total. The summed E-state index contributed by atoms with van der Waals surface area (Å²) in [6.45, 7) is 2.15. The van der Waals surface area contributed by atoms with Crippen LogP contribution in [0.5, 0.6) is 0 Å². The highest BCUT2D eigenvalue weighted by Gasteiger charge is 2.14. The number of rotatable bonds is 5. The SMILES string of the molecule is CCCc1nc(C(=S)NC)c(Nc2ccccc2)s1. The second kappa shape index (κ2) is 6.63. The molecule has 1 heterocycles. The van der Waals surface area contributed by atoms with Crippen LogP contribution in [-0.2, 0) is 6.42 Å². The lowest BCUT2D eigenvalue weighted by Crippen LogP contribution is -2.18. The van der Waals surface area contributed by atoms with Gasteiger partial charge in [0.2, 0.25) is 0 Å². The van der Waals surface area contributed by atoms with Crippen LogP contribution in [0.4, 0.5) is 10.7 Å². The first-order chi connectivity index (χ1) is 9.24. The molecule has 5 heteroatoms. The number of aromatic nitrogens is 1. The molecule has 1 aromatic carbocycles. The van der Waals surface area contributed by atoms with E-state index in [-0.39, 0.29) is 0 Å². The van der Waals surface area contributed by atoms with Crippen LogP contribution in [-0.4, -0.2) is 17.0 Å². The Hall–Kier alpha value is -1.46. The van der Waals surface area contributed by atoms with Gasteiger partial charge in [0.1, 0.15) is 15.7 Å². The molecule has 0 aliphatic carbocycles. The molecule has 0 amide bonds. The molecule has 0 atom stereocenters. The Balaban J connectivity index is 2.29. The number of anilines is 2. The summed E-state index contributed by atoms with van der Waals surface area (Å²) in [5, 5.41) is 8.52. The molecule has 3 nitrogen and oxygen atoms in total. The van der Waals surface area contributed by atoms with E-state index >= 15 is 0 Å². The molecule has 0 spiro atoms. The van der Waals surface area contributed by atoms with Crippen molar-refractivity contribution < 1.29 is 0 Å². The average molecular weight is 291 g/mol. The Labute approximate surface area is 123 Å². The van der Waals surface area contributed by atoms with Gasteiger partial charge in [-0.25, -0.2) is 4.98 Å². The Morgan fingerprint density at radius 2 is 2.05 bits per heavy atom. The Morgan fingerprint density at radius 3 is 2.68 bits per heavy atom. The van der Waals surface area contributed by atoms with Gasteiger partial charge in [-0.1, -0.05) is 37.3 Å². The fourth-order valence-electron chi connectivity index (χ4n) is 1.69. The predicted molar refractivity (Wildman–Crippen MR) is 86.6 cm³/mol. The number of hydrogen-bond acceptors (Lipinski definition) is 4. The monoisotopic (exact) mass is 291 g/mol. The summed E-state index contributed by atoms with van der Waals surface area (Å²) in [7, 11) is 1.83. The zero-order valence-electron chi connectivity index (χ0n) is 11.1. The van der Waals surface area contributed by atoms with Crippen LogP contribution in [0.25, 0.3) is 0 Å². The van der Waals surface area contributed by atoms with Crippen LogP contribution >= 0.6 is 23.6 Å². The van der Waals surface area contributed by atoms with Gasteiger partial charge in [0, 0.05) is 12.7 Å². The summed E-state index contributed by atoms with van der Waals surface area (Å²) in [6, 6.07) is 10.1. The van der Waals surface area contributed by atoms with Crippen molar-refractivity contribution in [3.8, 4) is 0 Å². The number of hydrogen-bond donors (Lipinski definition) is 2. The van der Waals surface area contributed by atoms with Crippen molar-refractivity contribution in [2.75, 3.05) is 12.4 Å². The third kappa shape index (κ3) is 3.52. The summed E-state index contributed by atoms with van der Waals surface area (Å²) in [4.78, 5) is 5.30. The van der Waals surface area contributed by atoms with E-state index in [4.69, 9.17) is 12.2 Å². The van der Waals surface area contributed by atoms with Crippen molar-refractivity contribution in [1.29, 1.82) is 0 Å². The Kier molecular flexibility index (Phi) is 4.87. The highest BCUT2D eigenvalue weighted by atomic mass is 32.1. The van der Waals surface area contributed by atoms with Gasteiger partial charge in [0.05, 0.1) is 5.01 Å². The molecule has 0 unspecified atom stereocenters. The van der Waals surface area contributed by atoms with Gasteiger partial charge in [-0.2, -0.15) is 0 Å². The van der Waals surface area contributed by atoms with E-state index < -0.39 is 0 Å². The first-order valence-corrected chi connectivity index (χ1v) is 7.51. The average Bonchev–Trinajstić information content (AvgIpc) is 2.82. The van der Waals surface area contributed by atoms with Crippen molar-refractivity contribution in [2.24, 2.45) is 0 Å². The molecule has 0 saturated heterocycles. The molecule has 100 valence electrons. The lowest BCUT2D eigenvalue weighted by atomic mass is 10.3. The minimum absolute atomic E-state index is 0.678. The van der Waals surface area contributed by atoms with Gasteiger partial charge < -0.3 is 10.6 Å². The molecule has 0 aliphatic rings. The van der Waals surface area contributed by atoms with Crippen molar-refractivity contribution in [2.45, 2.75) is 19.8 Å². The van der Waals surface area contributed by atoms with Crippen LogP contribution in [0.2, 0.25) is 0 Å². The van der Waals surface area contributed by atoms with E-state index in [9.17, 15) is 0 Å². The second-order valence-electron chi connectivity index (χ2n) is 4.11. The summed E-state index contributed by atoms with van der Waals surface area (Å²) in [6.07, 6.45) is 2.07. The summed E-state index contributed by atoms with van der Waals surface area (Å²) in [5.41, 5.74) is 1.89. The number of benzene rings is 1. The molecule has 0 bridgehead atoms. The predicted octanol–water partition coefficient (Wildman–Crippen LogP) is 3.73. The molecule has 2 aromatic rings. The number of para-hydroxylation sites is 1. The van der Waals surface area contributed by atoms with Crippen LogP contribution < -0.4 is 10.6 Å². The summed E-state index contributed by atoms with van der Waals surface area (Å²) in [5.74, 6) is 0. The first-order valence-electron chi connectivity index (χ1n) is 6.28. The quantitative estimate of drug-likeness (QED) is 0.823. The molecule has 0 radical (unpaired) electrons. The van der Waals surface area contributed by atoms with E-state index in [0.717, 1.165) is 34.2 Å². The van der Waals surface area contributed by atoms with Crippen molar-refractivity contribution in [3.63, 3.8) is 0 Å². The van der Waals surface area contributed by atoms with E-state index in [2.05, 4.69) is 22.5 Å². The zero-order chi connectivity index (χ0) is 13.7. The van der Waals surface area contributed by atoms with E-state index in [1.807, 2.05) is 37.4 Å². The minimum atomic E-state index is 0.678. The van der Waals surface area contributed by atoms with Crippen LogP contribution in [0.3, 0.4) is 0 Å². The number of aryl methyl sites for hydroxylation is 1. The number of thiazole rings is 1. The third-order valence-corrected chi connectivity index (χ3v) is 4.04. The maximum absolute atomic E-state index is 5.32. The zero-order valence-corrected chi connectivity index (χ0v) is 12.7. The van der Waals surface area contributed by atoms with Gasteiger partial charge in [-0.05, 0) is 25.0 Å². The summed E-state index contributed by atoms with van der Waals surface area (Å²) < 4.78 is 0. The minimum Gasteiger partial charge on any atom is -0.377 e. The van der Waals surface area contributed by atoms with Crippen molar-refractivity contribution >= 4 is 39.2 Å². The highest BCUT2D eigenvalue weighted by molar-refractivity contribution is 7.80. The Morgan fingerprint density at radius 1 is 1.32 bits per heavy atom. The maximum Gasteiger partial charge on any atom is 0.132 e. The summed E-state index contributed by atoms with van der Waals surface area (Å²) >= 11 is 6.99. The molecule has 2 rings (SSSR count). The largest absolute Gasteiger partial charge is 0.377 e. The molecular weight excluding hydrogens is 274 g/mol. The molecule has 0 saturated carbocycles. The maximum atomic E-state index is 5.32. The van der Waals surface area contributed by atoms with Crippen LogP contribution in [0.15, 0.2) is 30.3 Å². The lowest BCUT2D eigenvalue weighted by molar-refractivity contribution is 0.907. The van der Waals surface area contributed by atoms with Gasteiger partial charge in [-0.3, -0.25) is 0 Å². The number of thiocarbonyl (C=S) groups is 1. The van der Waals surface area contributed by atoms with Crippen molar-refractivity contribution in [1.82, 2.24) is 10.3 Å². The van der Waals surface area contributed by atoms with Gasteiger partial charge in [0.15, 0.2) is 0 Å². The van der Waals surface area contributed by atoms with Crippen molar-refractivity contribution in [3.05, 3.63) is 41.0 Å². The fourth-order valence-corrected chi connectivity index (χ4v) is 3.00. The normalized spacial score (nSPS) is 10.2. The van der Waals surface area contributed by atoms with Gasteiger partial charge >= 0.3 is 0 Å². The smallest absolute Gasteiger partial charge is 0.132 e. The fraction of sp³-hybridized carbons (Fsp3) is 0.286. The van der Waals surface area contributed by atoms with Crippen LogP contribution in [0.1, 0.15) is 24.0 Å². The molecular formula is C14H17N3S2. The van der Waals surface area contributed by atoms with E-state index in [1.165, 1.54) is 0 Å². The van der Waals surface area contributed by atoms with Gasteiger partial charge in [0.25, 0.3) is 0 Å². The molecule has 1 aromatic heterocycles. The third-order valence-electron chi connectivity index (χ3n) is 2.61. The van der Waals surface area contributed by atoms with E-state index in [0.29, 0.717) is 4.99 Å². The molecule has 0 fully saturated rings. The standard InChI is InChI=1S/C14H17N3S2/c1-3-7-11-17-12(13(18)15-2)14(19-11)16-10-8-5-4-6-9-10/h4-6,8-9,16H,3,7H2,1-2H3,(H,15,18). The second-order valence-corrected chi connectivity index (χ2v) is 5.60. The van der Waals surface area contributed by atoms with Crippen LogP contribution in [0, 0.1) is 0 Å². The topological polar surface area (TPSA) is 37.0 Å². The first kappa shape index (κ1) is 14.0. The lowest BCUT2D eigenvalue weighted by Gasteiger charge is -2.06.